The Bertz CT molecular complexity index is 594. The molecule has 19 heavy (non-hydrogen) atoms. The van der Waals surface area contributed by atoms with E-state index in [1.807, 2.05) is 18.2 Å². The molecule has 6 heteroatoms. The minimum Gasteiger partial charge on any atom is -0.468 e. The number of hydrogen-bond acceptors (Lipinski definition) is 5. The van der Waals surface area contributed by atoms with Crippen LogP contribution >= 0.6 is 0 Å². The Morgan fingerprint density at radius 3 is 3.11 bits per heavy atom. The van der Waals surface area contributed by atoms with Crippen molar-refractivity contribution in [1.82, 2.24) is 19.7 Å². The zero-order valence-corrected chi connectivity index (χ0v) is 10.6. The summed E-state index contributed by atoms with van der Waals surface area (Å²) >= 11 is 0. The predicted octanol–water partition coefficient (Wildman–Crippen LogP) is 1.39. The molecule has 0 saturated carbocycles. The molecule has 1 aliphatic rings. The largest absolute Gasteiger partial charge is 0.468 e. The van der Waals surface area contributed by atoms with E-state index in [9.17, 15) is 4.79 Å². The van der Waals surface area contributed by atoms with Gasteiger partial charge in [-0.1, -0.05) is 6.07 Å². The number of fused-ring (bicyclic) bond motifs is 1. The van der Waals surface area contributed by atoms with Gasteiger partial charge in [0.15, 0.2) is 5.82 Å². The third-order valence-electron chi connectivity index (χ3n) is 3.25. The number of methoxy groups -OCH3 is 1. The fraction of sp³-hybridized carbons (Fsp3) is 0.385. The Kier molecular flexibility index (Phi) is 2.98. The zero-order valence-electron chi connectivity index (χ0n) is 10.6. The first kappa shape index (κ1) is 11.8. The van der Waals surface area contributed by atoms with Gasteiger partial charge in [-0.15, -0.1) is 5.10 Å². The number of esters is 1. The highest BCUT2D eigenvalue weighted by Crippen LogP contribution is 2.28. The van der Waals surface area contributed by atoms with Crippen LogP contribution in [-0.2, 0) is 16.1 Å². The number of ether oxygens (including phenoxy) is 1. The maximum absolute atomic E-state index is 11.8. The molecule has 2 aromatic rings. The van der Waals surface area contributed by atoms with Gasteiger partial charge in [-0.25, -0.2) is 9.67 Å². The van der Waals surface area contributed by atoms with E-state index in [1.165, 1.54) is 7.11 Å². The Morgan fingerprint density at radius 2 is 2.37 bits per heavy atom. The summed E-state index contributed by atoms with van der Waals surface area (Å²) in [5.41, 5.74) is 0.716. The lowest BCUT2D eigenvalue weighted by atomic mass is 9.99. The van der Waals surface area contributed by atoms with Gasteiger partial charge in [-0.05, 0) is 25.0 Å². The Labute approximate surface area is 110 Å². The summed E-state index contributed by atoms with van der Waals surface area (Å²) in [5, 5.41) is 4.42. The monoisotopic (exact) mass is 258 g/mol. The average Bonchev–Trinajstić information content (AvgIpc) is 2.91. The molecule has 3 heterocycles. The molecule has 0 spiro atoms. The zero-order chi connectivity index (χ0) is 13.2. The first-order valence-electron chi connectivity index (χ1n) is 6.23. The van der Waals surface area contributed by atoms with Crippen LogP contribution in [0.5, 0.6) is 0 Å². The van der Waals surface area contributed by atoms with Crippen molar-refractivity contribution in [2.24, 2.45) is 0 Å². The summed E-state index contributed by atoms with van der Waals surface area (Å²) in [4.78, 5) is 20.4. The van der Waals surface area contributed by atoms with Gasteiger partial charge in [-0.2, -0.15) is 0 Å². The third-order valence-corrected chi connectivity index (χ3v) is 3.25. The quantitative estimate of drug-likeness (QED) is 0.761. The maximum Gasteiger partial charge on any atom is 0.316 e. The number of carbonyl (C=O) groups is 1. The number of carbonyl (C=O) groups excluding carboxylic acids is 1. The molecular formula is C13H14N4O2. The van der Waals surface area contributed by atoms with Crippen molar-refractivity contribution in [2.75, 3.05) is 7.11 Å². The van der Waals surface area contributed by atoms with Crippen LogP contribution in [0.25, 0.3) is 11.5 Å². The number of pyridine rings is 1. The van der Waals surface area contributed by atoms with Gasteiger partial charge in [0.1, 0.15) is 17.4 Å². The third kappa shape index (κ3) is 2.09. The minimum atomic E-state index is -0.316. The topological polar surface area (TPSA) is 69.9 Å². The van der Waals surface area contributed by atoms with Crippen LogP contribution in [0.1, 0.15) is 24.6 Å². The summed E-state index contributed by atoms with van der Waals surface area (Å²) in [7, 11) is 1.40. The Morgan fingerprint density at radius 1 is 1.47 bits per heavy atom. The first-order chi connectivity index (χ1) is 9.29. The van der Waals surface area contributed by atoms with E-state index in [4.69, 9.17) is 4.74 Å². The second kappa shape index (κ2) is 4.79. The summed E-state index contributed by atoms with van der Waals surface area (Å²) in [6.07, 6.45) is 3.36. The van der Waals surface area contributed by atoms with Gasteiger partial charge in [0.05, 0.1) is 7.11 Å². The van der Waals surface area contributed by atoms with Crippen LogP contribution in [0, 0.1) is 0 Å². The van der Waals surface area contributed by atoms with E-state index in [2.05, 4.69) is 15.1 Å². The molecule has 0 bridgehead atoms. The predicted molar refractivity (Wildman–Crippen MR) is 67.2 cm³/mol. The van der Waals surface area contributed by atoms with Crippen molar-refractivity contribution < 1.29 is 9.53 Å². The van der Waals surface area contributed by atoms with Crippen molar-refractivity contribution in [3.8, 4) is 11.5 Å². The van der Waals surface area contributed by atoms with E-state index in [0.29, 0.717) is 17.3 Å². The van der Waals surface area contributed by atoms with Gasteiger partial charge in [0.2, 0.25) is 0 Å². The number of aromatic nitrogens is 4. The number of nitrogens with zero attached hydrogens (tertiary/aromatic N) is 4. The van der Waals surface area contributed by atoms with E-state index in [1.54, 1.807) is 10.9 Å². The second-order valence-electron chi connectivity index (χ2n) is 4.45. The molecule has 1 atom stereocenters. The van der Waals surface area contributed by atoms with Gasteiger partial charge in [-0.3, -0.25) is 9.78 Å². The molecular weight excluding hydrogens is 244 g/mol. The van der Waals surface area contributed by atoms with Gasteiger partial charge in [0, 0.05) is 12.7 Å². The fourth-order valence-electron chi connectivity index (χ4n) is 2.32. The van der Waals surface area contributed by atoms with Crippen molar-refractivity contribution in [1.29, 1.82) is 0 Å². The molecule has 2 aromatic heterocycles. The number of aryl methyl sites for hydroxylation is 1. The van der Waals surface area contributed by atoms with Crippen LogP contribution < -0.4 is 0 Å². The molecule has 0 fully saturated rings. The van der Waals surface area contributed by atoms with Crippen LogP contribution in [0.2, 0.25) is 0 Å². The van der Waals surface area contributed by atoms with Gasteiger partial charge in [0.25, 0.3) is 0 Å². The lowest BCUT2D eigenvalue weighted by Crippen LogP contribution is -2.24. The summed E-state index contributed by atoms with van der Waals surface area (Å²) < 4.78 is 6.61. The number of rotatable bonds is 2. The molecule has 1 unspecified atom stereocenters. The van der Waals surface area contributed by atoms with E-state index in [-0.39, 0.29) is 11.9 Å². The van der Waals surface area contributed by atoms with Crippen LogP contribution in [-0.4, -0.2) is 32.8 Å². The molecule has 3 rings (SSSR count). The van der Waals surface area contributed by atoms with E-state index < -0.39 is 0 Å². The lowest BCUT2D eigenvalue weighted by Gasteiger charge is -2.19. The molecule has 98 valence electrons. The van der Waals surface area contributed by atoms with E-state index >= 15 is 0 Å². The molecule has 1 aliphatic heterocycles. The summed E-state index contributed by atoms with van der Waals surface area (Å²) in [5.74, 6) is 0.676. The van der Waals surface area contributed by atoms with Crippen LogP contribution in [0.15, 0.2) is 24.4 Å². The van der Waals surface area contributed by atoms with Gasteiger partial charge < -0.3 is 4.74 Å². The summed E-state index contributed by atoms with van der Waals surface area (Å²) in [6, 6.07) is 5.59. The Balaban J connectivity index is 2.00. The van der Waals surface area contributed by atoms with Crippen LogP contribution in [0.3, 0.4) is 0 Å². The normalized spacial score (nSPS) is 17.8. The second-order valence-corrected chi connectivity index (χ2v) is 4.45. The lowest BCUT2D eigenvalue weighted by molar-refractivity contribution is -0.143. The molecule has 0 radical (unpaired) electrons. The minimum absolute atomic E-state index is 0.249. The molecule has 0 saturated heterocycles. The Hall–Kier alpha value is -2.24. The molecule has 0 aromatic carbocycles. The standard InChI is InChI=1S/C13H14N4O2/c1-19-13(18)9-5-4-8-17-12(9)15-11(16-17)10-6-2-3-7-14-10/h2-3,6-7,9H,4-5,8H2,1H3. The molecule has 0 amide bonds. The highest BCUT2D eigenvalue weighted by atomic mass is 16.5. The SMILES string of the molecule is COC(=O)C1CCCn2nc(-c3ccccn3)nc21. The van der Waals surface area contributed by atoms with Crippen molar-refractivity contribution in [2.45, 2.75) is 25.3 Å². The maximum atomic E-state index is 11.8. The highest BCUT2D eigenvalue weighted by molar-refractivity contribution is 5.77. The smallest absolute Gasteiger partial charge is 0.316 e. The van der Waals surface area contributed by atoms with Gasteiger partial charge >= 0.3 is 5.97 Å². The number of hydrogen-bond donors (Lipinski definition) is 0. The van der Waals surface area contributed by atoms with Crippen molar-refractivity contribution in [3.63, 3.8) is 0 Å². The van der Waals surface area contributed by atoms with Crippen molar-refractivity contribution in [3.05, 3.63) is 30.2 Å². The highest BCUT2D eigenvalue weighted by Gasteiger charge is 2.31. The van der Waals surface area contributed by atoms with Crippen molar-refractivity contribution >= 4 is 5.97 Å². The van der Waals surface area contributed by atoms with E-state index in [0.717, 1.165) is 19.4 Å². The molecule has 0 aliphatic carbocycles. The average molecular weight is 258 g/mol. The summed E-state index contributed by atoms with van der Waals surface area (Å²) in [6.45, 7) is 0.780. The first-order valence-corrected chi connectivity index (χ1v) is 6.23. The van der Waals surface area contributed by atoms with Crippen LogP contribution in [0.4, 0.5) is 0 Å². The molecule has 0 N–H and O–H groups in total. The fourth-order valence-corrected chi connectivity index (χ4v) is 2.32. The molecule has 6 nitrogen and oxygen atoms in total.